The van der Waals surface area contributed by atoms with Crippen molar-refractivity contribution in [1.29, 1.82) is 0 Å². The number of aromatic nitrogens is 2. The van der Waals surface area contributed by atoms with Crippen molar-refractivity contribution >= 4 is 51.8 Å². The van der Waals surface area contributed by atoms with Crippen LogP contribution in [0.5, 0.6) is 0 Å². The number of hydrogen-bond donors (Lipinski definition) is 2. The first-order valence-electron chi connectivity index (χ1n) is 13.4. The number of benzene rings is 1. The molecule has 2 aromatic heterocycles. The fourth-order valence-electron chi connectivity index (χ4n) is 4.74. The van der Waals surface area contributed by atoms with Crippen molar-refractivity contribution in [3.8, 4) is 0 Å². The van der Waals surface area contributed by atoms with Crippen LogP contribution in [0.4, 0.5) is 15.6 Å². The van der Waals surface area contributed by atoms with E-state index in [0.29, 0.717) is 36.3 Å². The quantitative estimate of drug-likeness (QED) is 0.356. The molecule has 0 bridgehead atoms. The number of oxazole rings is 1. The summed E-state index contributed by atoms with van der Waals surface area (Å²) in [5.41, 5.74) is 1.77. The van der Waals surface area contributed by atoms with E-state index in [2.05, 4.69) is 46.3 Å². The van der Waals surface area contributed by atoms with Gasteiger partial charge in [-0.15, -0.1) is 11.8 Å². The number of para-hydroxylation sites is 1. The molecule has 0 unspecified atom stereocenters. The number of nitrogens with one attached hydrogen (secondary N) is 2. The predicted molar refractivity (Wildman–Crippen MR) is 155 cm³/mol. The highest BCUT2D eigenvalue weighted by atomic mass is 32.2. The summed E-state index contributed by atoms with van der Waals surface area (Å²) in [4.78, 5) is 49.6. The van der Waals surface area contributed by atoms with Crippen molar-refractivity contribution < 1.29 is 18.8 Å². The molecule has 4 amide bonds. The van der Waals surface area contributed by atoms with E-state index in [1.54, 1.807) is 29.1 Å². The molecule has 2 N–H and O–H groups in total. The Labute approximate surface area is 241 Å². The molecule has 12 heteroatoms. The molecule has 2 aliphatic rings. The molecule has 2 saturated heterocycles. The summed E-state index contributed by atoms with van der Waals surface area (Å²) in [6.07, 6.45) is 5.35. The lowest BCUT2D eigenvalue weighted by Crippen LogP contribution is -2.50. The summed E-state index contributed by atoms with van der Waals surface area (Å²) in [6.45, 7) is 8.89. The number of nitrogens with zero attached hydrogens (tertiary/aromatic N) is 4. The Morgan fingerprint density at radius 1 is 1.15 bits per heavy atom. The van der Waals surface area contributed by atoms with Crippen LogP contribution >= 0.6 is 23.1 Å². The molecule has 1 aromatic carbocycles. The fourth-order valence-corrected chi connectivity index (χ4v) is 6.47. The smallest absolute Gasteiger partial charge is 0.328 e. The number of likely N-dealkylation sites (tertiary alicyclic amines) is 1. The summed E-state index contributed by atoms with van der Waals surface area (Å²) in [7, 11) is 0. The van der Waals surface area contributed by atoms with Crippen molar-refractivity contribution in [2.45, 2.75) is 62.0 Å². The molecule has 2 aliphatic heterocycles. The largest absolute Gasteiger partial charge is 0.444 e. The van der Waals surface area contributed by atoms with Crippen LogP contribution in [0.15, 0.2) is 45.3 Å². The summed E-state index contributed by atoms with van der Waals surface area (Å²) >= 11 is 3.05. The highest BCUT2D eigenvalue weighted by Crippen LogP contribution is 2.33. The number of urea groups is 1. The zero-order valence-corrected chi connectivity index (χ0v) is 24.6. The van der Waals surface area contributed by atoms with E-state index < -0.39 is 0 Å². The second-order valence-corrected chi connectivity index (χ2v) is 13.4. The van der Waals surface area contributed by atoms with Crippen molar-refractivity contribution in [2.24, 2.45) is 5.92 Å². The van der Waals surface area contributed by atoms with Crippen molar-refractivity contribution in [2.75, 3.05) is 29.9 Å². The molecule has 0 saturated carbocycles. The summed E-state index contributed by atoms with van der Waals surface area (Å²) in [6, 6.07) is 7.41. The number of piperidine rings is 1. The van der Waals surface area contributed by atoms with Gasteiger partial charge in [-0.1, -0.05) is 50.3 Å². The molecule has 0 aliphatic carbocycles. The number of amides is 4. The lowest BCUT2D eigenvalue weighted by molar-refractivity contribution is -0.121. The fraction of sp³-hybridized carbons (Fsp3) is 0.464. The van der Waals surface area contributed by atoms with Gasteiger partial charge in [0.25, 0.3) is 0 Å². The number of thiazole rings is 1. The summed E-state index contributed by atoms with van der Waals surface area (Å²) in [5, 5.41) is 6.00. The van der Waals surface area contributed by atoms with Crippen molar-refractivity contribution in [3.63, 3.8) is 0 Å². The van der Waals surface area contributed by atoms with Gasteiger partial charge in [0.2, 0.25) is 17.7 Å². The van der Waals surface area contributed by atoms with Gasteiger partial charge in [-0.25, -0.2) is 14.8 Å². The highest BCUT2D eigenvalue weighted by molar-refractivity contribution is 8.00. The molecule has 2 fully saturated rings. The second kappa shape index (κ2) is 12.1. The van der Waals surface area contributed by atoms with Crippen LogP contribution in [0, 0.1) is 5.92 Å². The molecule has 212 valence electrons. The normalized spacial score (nSPS) is 17.2. The first kappa shape index (κ1) is 28.3. The first-order valence-corrected chi connectivity index (χ1v) is 15.2. The second-order valence-electron chi connectivity index (χ2n) is 11.1. The molecule has 0 radical (unpaired) electrons. The standard InChI is InChI=1S/C28H34N6O4S2/c1-28(2,3)21-14-29-23(38-21)17-39-24-15-30-26(40-24)32-25(36)18-8-11-33(12-9-18)16-19-6-4-5-7-20(19)34-13-10-22(35)31-27(34)37/h4-7,14-15,18H,8-13,16-17H2,1-3H3,(H,30,32,36)(H,31,35,37). The zero-order chi connectivity index (χ0) is 28.3. The Hall–Kier alpha value is -3.22. The lowest BCUT2D eigenvalue weighted by Gasteiger charge is -2.33. The molecule has 3 aromatic rings. The van der Waals surface area contributed by atoms with Gasteiger partial charge >= 0.3 is 6.03 Å². The van der Waals surface area contributed by atoms with Crippen LogP contribution in [0.1, 0.15) is 57.2 Å². The molecular formula is C28H34N6O4S2. The van der Waals surface area contributed by atoms with E-state index in [-0.39, 0.29) is 29.2 Å². The number of carbonyl (C=O) groups is 3. The van der Waals surface area contributed by atoms with Gasteiger partial charge in [0.05, 0.1) is 22.4 Å². The van der Waals surface area contributed by atoms with Crippen LogP contribution in [0.3, 0.4) is 0 Å². The number of imide groups is 1. The maximum absolute atomic E-state index is 13.0. The minimum Gasteiger partial charge on any atom is -0.444 e. The minimum absolute atomic E-state index is 0.00289. The van der Waals surface area contributed by atoms with Gasteiger partial charge in [-0.2, -0.15) is 0 Å². The van der Waals surface area contributed by atoms with Crippen LogP contribution in [0.2, 0.25) is 0 Å². The van der Waals surface area contributed by atoms with Gasteiger partial charge in [-0.3, -0.25) is 24.7 Å². The van der Waals surface area contributed by atoms with Crippen molar-refractivity contribution in [3.05, 3.63) is 53.9 Å². The van der Waals surface area contributed by atoms with Gasteiger partial charge in [0, 0.05) is 36.5 Å². The van der Waals surface area contributed by atoms with Crippen molar-refractivity contribution in [1.82, 2.24) is 20.2 Å². The average Bonchev–Trinajstić information content (AvgIpc) is 3.58. The van der Waals surface area contributed by atoms with Crippen LogP contribution in [-0.4, -0.2) is 52.3 Å². The molecule has 0 spiro atoms. The van der Waals surface area contributed by atoms with Gasteiger partial charge in [0.15, 0.2) is 5.13 Å². The maximum Gasteiger partial charge on any atom is 0.328 e. The third-order valence-corrected chi connectivity index (χ3v) is 9.13. The maximum atomic E-state index is 13.0. The Balaban J connectivity index is 1.09. The predicted octanol–water partition coefficient (Wildman–Crippen LogP) is 5.02. The summed E-state index contributed by atoms with van der Waals surface area (Å²) in [5.74, 6) is 1.83. The van der Waals surface area contributed by atoms with Crippen LogP contribution in [-0.2, 0) is 27.3 Å². The SMILES string of the molecule is CC(C)(C)c1cnc(CSc2cnc(NC(=O)C3CCN(Cc4ccccc4N4CCC(=O)NC4=O)CC3)s2)o1. The number of thioether (sulfide) groups is 1. The van der Waals surface area contributed by atoms with E-state index in [0.717, 1.165) is 47.2 Å². The van der Waals surface area contributed by atoms with Gasteiger partial charge < -0.3 is 9.73 Å². The number of hydrogen-bond acceptors (Lipinski definition) is 9. The van der Waals surface area contributed by atoms with E-state index in [9.17, 15) is 14.4 Å². The molecule has 10 nitrogen and oxygen atoms in total. The Morgan fingerprint density at radius 3 is 2.65 bits per heavy atom. The van der Waals surface area contributed by atoms with E-state index >= 15 is 0 Å². The van der Waals surface area contributed by atoms with Crippen LogP contribution in [0.25, 0.3) is 0 Å². The van der Waals surface area contributed by atoms with E-state index in [1.807, 2.05) is 24.3 Å². The summed E-state index contributed by atoms with van der Waals surface area (Å²) < 4.78 is 6.85. The van der Waals surface area contributed by atoms with E-state index in [4.69, 9.17) is 4.42 Å². The number of carbonyl (C=O) groups excluding carboxylic acids is 3. The third-order valence-electron chi connectivity index (χ3n) is 7.03. The van der Waals surface area contributed by atoms with E-state index in [1.165, 1.54) is 11.3 Å². The number of anilines is 2. The van der Waals surface area contributed by atoms with Gasteiger partial charge in [-0.05, 0) is 37.6 Å². The molecular weight excluding hydrogens is 548 g/mol. The van der Waals surface area contributed by atoms with Gasteiger partial charge in [0.1, 0.15) is 5.76 Å². The average molecular weight is 583 g/mol. The Kier molecular flexibility index (Phi) is 8.57. The first-order chi connectivity index (χ1) is 19.2. The lowest BCUT2D eigenvalue weighted by atomic mass is 9.94. The molecule has 5 rings (SSSR count). The number of rotatable bonds is 8. The molecule has 4 heterocycles. The topological polar surface area (TPSA) is 121 Å². The monoisotopic (exact) mass is 582 g/mol. The van der Waals surface area contributed by atoms with Crippen LogP contribution < -0.4 is 15.5 Å². The highest BCUT2D eigenvalue weighted by Gasteiger charge is 2.29. The third kappa shape index (κ3) is 6.91. The zero-order valence-electron chi connectivity index (χ0n) is 22.9. The molecule has 0 atom stereocenters. The Morgan fingerprint density at radius 2 is 1.93 bits per heavy atom. The molecule has 40 heavy (non-hydrogen) atoms. The minimum atomic E-state index is -0.380. The Bertz CT molecular complexity index is 1370.